The highest BCUT2D eigenvalue weighted by Crippen LogP contribution is 2.41. The molecule has 3 aromatic rings. The predicted octanol–water partition coefficient (Wildman–Crippen LogP) is 3.11. The van der Waals surface area contributed by atoms with E-state index in [4.69, 9.17) is 44.4 Å². The molecular formula is C19H21Cl2N7OS. The molecule has 2 fully saturated rings. The molecule has 0 unspecified atom stereocenters. The van der Waals surface area contributed by atoms with Gasteiger partial charge in [-0.3, -0.25) is 4.40 Å². The maximum absolute atomic E-state index is 6.32. The van der Waals surface area contributed by atoms with E-state index in [1.165, 1.54) is 11.8 Å². The Hall–Kier alpha value is -1.78. The smallest absolute Gasteiger partial charge is 0.211 e. The summed E-state index contributed by atoms with van der Waals surface area (Å²) in [5.41, 5.74) is 13.0. The van der Waals surface area contributed by atoms with Gasteiger partial charge in [-0.2, -0.15) is 0 Å². The number of piperidine rings is 1. The first-order valence-electron chi connectivity index (χ1n) is 9.66. The summed E-state index contributed by atoms with van der Waals surface area (Å²) in [4.78, 5) is 17.1. The summed E-state index contributed by atoms with van der Waals surface area (Å²) in [6.07, 6.45) is 7.50. The standard InChI is InChI=1S/C19H21Cl2N7OS/c20-15-11(7-14(23)26-16(15)21)30-12-8-25-18(28-6-3-24-17(12)28)27-4-1-19(2-5-27)10-29-9-13(19)22/h3,6-8,13H,1-2,4-5,9-10,22H2,(H2,23,26)/t13-/m1/s1. The maximum Gasteiger partial charge on any atom is 0.211 e. The normalized spacial score (nSPS) is 21.0. The van der Waals surface area contributed by atoms with Crippen LogP contribution in [0.4, 0.5) is 11.8 Å². The second-order valence-electron chi connectivity index (χ2n) is 7.77. The molecule has 3 aromatic heterocycles. The van der Waals surface area contributed by atoms with Crippen LogP contribution in [-0.4, -0.2) is 51.7 Å². The first-order chi connectivity index (χ1) is 14.5. The third-order valence-corrected chi connectivity index (χ3v) is 7.93. The lowest BCUT2D eigenvalue weighted by Crippen LogP contribution is -2.49. The van der Waals surface area contributed by atoms with Crippen molar-refractivity contribution in [2.45, 2.75) is 28.7 Å². The quantitative estimate of drug-likeness (QED) is 0.567. The molecular weight excluding hydrogens is 445 g/mol. The van der Waals surface area contributed by atoms with Crippen molar-refractivity contribution < 1.29 is 4.74 Å². The van der Waals surface area contributed by atoms with E-state index in [0.29, 0.717) is 22.3 Å². The Labute approximate surface area is 187 Å². The zero-order valence-corrected chi connectivity index (χ0v) is 18.4. The van der Waals surface area contributed by atoms with E-state index in [1.807, 2.05) is 16.8 Å². The van der Waals surface area contributed by atoms with Crippen molar-refractivity contribution in [3.8, 4) is 0 Å². The van der Waals surface area contributed by atoms with Crippen molar-refractivity contribution in [3.63, 3.8) is 0 Å². The average molecular weight is 466 g/mol. The number of imidazole rings is 1. The number of anilines is 2. The fraction of sp³-hybridized carbons (Fsp3) is 0.421. The summed E-state index contributed by atoms with van der Waals surface area (Å²) >= 11 is 13.8. The van der Waals surface area contributed by atoms with E-state index in [9.17, 15) is 0 Å². The maximum atomic E-state index is 6.32. The molecule has 0 radical (unpaired) electrons. The zero-order valence-electron chi connectivity index (χ0n) is 16.1. The van der Waals surface area contributed by atoms with Gasteiger partial charge in [0.15, 0.2) is 10.8 Å². The lowest BCUT2D eigenvalue weighted by molar-refractivity contribution is 0.131. The summed E-state index contributed by atoms with van der Waals surface area (Å²) in [5, 5.41) is 0.542. The fourth-order valence-electron chi connectivity index (χ4n) is 4.22. The van der Waals surface area contributed by atoms with E-state index in [1.54, 1.807) is 12.3 Å². The predicted molar refractivity (Wildman–Crippen MR) is 118 cm³/mol. The molecule has 158 valence electrons. The number of pyridine rings is 1. The van der Waals surface area contributed by atoms with Gasteiger partial charge in [-0.25, -0.2) is 15.0 Å². The van der Waals surface area contributed by atoms with Gasteiger partial charge in [0.25, 0.3) is 0 Å². The second kappa shape index (κ2) is 7.72. The molecule has 11 heteroatoms. The molecule has 0 saturated carbocycles. The summed E-state index contributed by atoms with van der Waals surface area (Å²) in [7, 11) is 0. The average Bonchev–Trinajstić information content (AvgIpc) is 3.35. The molecule has 0 aromatic carbocycles. The Morgan fingerprint density at radius 3 is 2.73 bits per heavy atom. The zero-order chi connectivity index (χ0) is 20.9. The summed E-state index contributed by atoms with van der Waals surface area (Å²) in [5.74, 6) is 1.18. The first kappa shape index (κ1) is 20.1. The number of halogens is 2. The van der Waals surface area contributed by atoms with Crippen LogP contribution in [0.25, 0.3) is 5.65 Å². The molecule has 2 aliphatic rings. The first-order valence-corrected chi connectivity index (χ1v) is 11.2. The highest BCUT2D eigenvalue weighted by molar-refractivity contribution is 7.99. The van der Waals surface area contributed by atoms with E-state index in [-0.39, 0.29) is 16.6 Å². The monoisotopic (exact) mass is 465 g/mol. The molecule has 2 saturated heterocycles. The number of nitrogens with zero attached hydrogens (tertiary/aromatic N) is 5. The van der Waals surface area contributed by atoms with Crippen LogP contribution >= 0.6 is 35.0 Å². The van der Waals surface area contributed by atoms with Crippen molar-refractivity contribution in [1.82, 2.24) is 19.4 Å². The van der Waals surface area contributed by atoms with Crippen molar-refractivity contribution in [3.05, 3.63) is 34.8 Å². The molecule has 2 aliphatic heterocycles. The molecule has 30 heavy (non-hydrogen) atoms. The third-order valence-electron chi connectivity index (χ3n) is 6.01. The number of ether oxygens (including phenoxy) is 1. The number of nitrogen functional groups attached to an aromatic ring is 1. The minimum atomic E-state index is 0.0949. The lowest BCUT2D eigenvalue weighted by Gasteiger charge is -2.41. The van der Waals surface area contributed by atoms with Crippen LogP contribution in [0.3, 0.4) is 0 Å². The molecule has 1 atom stereocenters. The number of aromatic nitrogens is 4. The second-order valence-corrected chi connectivity index (χ2v) is 9.59. The number of hydrogen-bond donors (Lipinski definition) is 2. The number of nitrogens with two attached hydrogens (primary N) is 2. The van der Waals surface area contributed by atoms with E-state index in [0.717, 1.165) is 49.0 Å². The van der Waals surface area contributed by atoms with Gasteiger partial charge in [0.05, 0.1) is 23.1 Å². The summed E-state index contributed by atoms with van der Waals surface area (Å²) < 4.78 is 7.64. The SMILES string of the molecule is Nc1cc(Sc2cnc(N3CCC4(CC3)COC[C@H]4N)n3ccnc23)c(Cl)c(Cl)n1. The molecule has 1 spiro atoms. The van der Waals surface area contributed by atoms with Crippen molar-refractivity contribution in [2.24, 2.45) is 11.1 Å². The molecule has 0 bridgehead atoms. The highest BCUT2D eigenvalue weighted by Gasteiger charge is 2.44. The van der Waals surface area contributed by atoms with Crippen molar-refractivity contribution in [2.75, 3.05) is 36.9 Å². The van der Waals surface area contributed by atoms with Gasteiger partial charge in [0, 0.05) is 48.0 Å². The van der Waals surface area contributed by atoms with Crippen LogP contribution in [0.5, 0.6) is 0 Å². The van der Waals surface area contributed by atoms with Crippen LogP contribution in [0.2, 0.25) is 10.2 Å². The van der Waals surface area contributed by atoms with E-state index >= 15 is 0 Å². The van der Waals surface area contributed by atoms with Gasteiger partial charge in [-0.05, 0) is 18.9 Å². The van der Waals surface area contributed by atoms with E-state index < -0.39 is 0 Å². The van der Waals surface area contributed by atoms with Crippen LogP contribution in [0, 0.1) is 5.41 Å². The van der Waals surface area contributed by atoms with E-state index in [2.05, 4.69) is 14.9 Å². The number of rotatable bonds is 3. The molecule has 5 rings (SSSR count). The van der Waals surface area contributed by atoms with Gasteiger partial charge in [0.2, 0.25) is 5.95 Å². The molecule has 0 aliphatic carbocycles. The summed E-state index contributed by atoms with van der Waals surface area (Å²) in [6.45, 7) is 3.17. The van der Waals surface area contributed by atoms with Crippen molar-refractivity contribution >= 4 is 52.4 Å². The minimum absolute atomic E-state index is 0.0949. The van der Waals surface area contributed by atoms with Gasteiger partial charge in [-0.15, -0.1) is 0 Å². The topological polar surface area (TPSA) is 108 Å². The van der Waals surface area contributed by atoms with Crippen LogP contribution in [0.15, 0.2) is 34.4 Å². The molecule has 8 nitrogen and oxygen atoms in total. The molecule has 0 amide bonds. The van der Waals surface area contributed by atoms with Gasteiger partial charge < -0.3 is 21.1 Å². The Bertz CT molecular complexity index is 1100. The van der Waals surface area contributed by atoms with Gasteiger partial charge >= 0.3 is 0 Å². The Morgan fingerprint density at radius 1 is 1.20 bits per heavy atom. The Kier molecular flexibility index (Phi) is 5.19. The number of hydrogen-bond acceptors (Lipinski definition) is 8. The van der Waals surface area contributed by atoms with Crippen molar-refractivity contribution in [1.29, 1.82) is 0 Å². The Morgan fingerprint density at radius 2 is 2.00 bits per heavy atom. The Balaban J connectivity index is 1.43. The summed E-state index contributed by atoms with van der Waals surface area (Å²) in [6, 6.07) is 1.81. The number of fused-ring (bicyclic) bond motifs is 1. The molecule has 5 heterocycles. The fourth-order valence-corrected chi connectivity index (χ4v) is 5.63. The molecule has 4 N–H and O–H groups in total. The van der Waals surface area contributed by atoms with Crippen LogP contribution in [0.1, 0.15) is 12.8 Å². The minimum Gasteiger partial charge on any atom is -0.384 e. The lowest BCUT2D eigenvalue weighted by atomic mass is 9.75. The van der Waals surface area contributed by atoms with Crippen LogP contribution in [-0.2, 0) is 4.74 Å². The van der Waals surface area contributed by atoms with Gasteiger partial charge in [-0.1, -0.05) is 35.0 Å². The third kappa shape index (κ3) is 3.38. The highest BCUT2D eigenvalue weighted by atomic mass is 35.5. The largest absolute Gasteiger partial charge is 0.384 e. The van der Waals surface area contributed by atoms with Crippen LogP contribution < -0.4 is 16.4 Å². The van der Waals surface area contributed by atoms with Gasteiger partial charge in [0.1, 0.15) is 5.82 Å².